The van der Waals surface area contributed by atoms with Crippen molar-refractivity contribution in [3.05, 3.63) is 17.3 Å². The second kappa shape index (κ2) is 5.76. The summed E-state index contributed by atoms with van der Waals surface area (Å²) in [6.45, 7) is 2.29. The minimum atomic E-state index is -3.16. The summed E-state index contributed by atoms with van der Waals surface area (Å²) in [6, 6.07) is 3.22. The van der Waals surface area contributed by atoms with Crippen molar-refractivity contribution in [2.24, 2.45) is 0 Å². The molecular formula is C11H16ClN3O2S2. The van der Waals surface area contributed by atoms with Crippen molar-refractivity contribution in [2.75, 3.05) is 34.4 Å². The van der Waals surface area contributed by atoms with E-state index in [1.165, 1.54) is 0 Å². The molecule has 0 bridgehead atoms. The first-order valence-electron chi connectivity index (χ1n) is 5.93. The van der Waals surface area contributed by atoms with Crippen LogP contribution in [-0.4, -0.2) is 42.6 Å². The van der Waals surface area contributed by atoms with Gasteiger partial charge in [0.05, 0.1) is 0 Å². The van der Waals surface area contributed by atoms with E-state index in [-0.39, 0.29) is 10.9 Å². The van der Waals surface area contributed by atoms with Crippen molar-refractivity contribution < 1.29 is 8.42 Å². The maximum absolute atomic E-state index is 12.2. The summed E-state index contributed by atoms with van der Waals surface area (Å²) < 4.78 is 24.3. The van der Waals surface area contributed by atoms with Crippen LogP contribution >= 0.6 is 23.4 Å². The van der Waals surface area contributed by atoms with Crippen molar-refractivity contribution in [3.63, 3.8) is 0 Å². The Balaban J connectivity index is 2.39. The Labute approximate surface area is 122 Å². The van der Waals surface area contributed by atoms with Gasteiger partial charge in [0.2, 0.25) is 0 Å². The number of aromatic nitrogens is 1. The molecule has 0 amide bonds. The molecule has 1 unspecified atom stereocenters. The summed E-state index contributed by atoms with van der Waals surface area (Å²) in [5.41, 5.74) is 6.23. The lowest BCUT2D eigenvalue weighted by Gasteiger charge is -2.35. The van der Waals surface area contributed by atoms with E-state index in [2.05, 4.69) is 4.98 Å². The van der Waals surface area contributed by atoms with E-state index in [4.69, 9.17) is 17.3 Å². The highest BCUT2D eigenvalue weighted by Crippen LogP contribution is 2.28. The number of rotatable bonds is 3. The van der Waals surface area contributed by atoms with Crippen LogP contribution in [0.4, 0.5) is 11.5 Å². The third-order valence-electron chi connectivity index (χ3n) is 3.00. The van der Waals surface area contributed by atoms with Gasteiger partial charge in [-0.25, -0.2) is 13.4 Å². The molecule has 19 heavy (non-hydrogen) atoms. The molecule has 0 saturated carbocycles. The molecular weight excluding hydrogens is 306 g/mol. The molecule has 1 aliphatic heterocycles. The lowest BCUT2D eigenvalue weighted by atomic mass is 10.3. The number of anilines is 2. The number of hydrogen-bond donors (Lipinski definition) is 1. The van der Waals surface area contributed by atoms with Crippen LogP contribution in [0, 0.1) is 0 Å². The number of nitrogens with two attached hydrogens (primary N) is 1. The molecule has 2 heterocycles. The van der Waals surface area contributed by atoms with Gasteiger partial charge in [-0.3, -0.25) is 0 Å². The molecule has 1 saturated heterocycles. The van der Waals surface area contributed by atoms with Crippen molar-refractivity contribution in [1.82, 2.24) is 4.98 Å². The Morgan fingerprint density at radius 1 is 1.58 bits per heavy atom. The molecule has 0 radical (unpaired) electrons. The van der Waals surface area contributed by atoms with Gasteiger partial charge in [0.1, 0.15) is 16.3 Å². The van der Waals surface area contributed by atoms with Crippen LogP contribution in [-0.2, 0) is 9.84 Å². The lowest BCUT2D eigenvalue weighted by molar-refractivity contribution is 0.579. The second-order valence-electron chi connectivity index (χ2n) is 4.26. The van der Waals surface area contributed by atoms with Crippen molar-refractivity contribution >= 4 is 44.7 Å². The zero-order valence-electron chi connectivity index (χ0n) is 10.5. The van der Waals surface area contributed by atoms with Gasteiger partial charge in [-0.15, -0.1) is 0 Å². The summed E-state index contributed by atoms with van der Waals surface area (Å²) in [5, 5.41) is -0.275. The van der Waals surface area contributed by atoms with Gasteiger partial charge in [0.25, 0.3) is 0 Å². The zero-order valence-corrected chi connectivity index (χ0v) is 12.9. The van der Waals surface area contributed by atoms with E-state index in [0.29, 0.717) is 23.8 Å². The average Bonchev–Trinajstić information content (AvgIpc) is 2.37. The molecule has 106 valence electrons. The number of thioether (sulfide) groups is 1. The molecule has 0 aromatic carbocycles. The second-order valence-corrected chi connectivity index (χ2v) is 8.24. The molecule has 1 aromatic heterocycles. The van der Waals surface area contributed by atoms with Crippen LogP contribution in [0.3, 0.4) is 0 Å². The van der Waals surface area contributed by atoms with Gasteiger partial charge in [-0.2, -0.15) is 11.8 Å². The normalized spacial score (nSPS) is 20.5. The fourth-order valence-corrected chi connectivity index (χ4v) is 5.17. The van der Waals surface area contributed by atoms with Crippen LogP contribution in [0.5, 0.6) is 0 Å². The summed E-state index contributed by atoms with van der Waals surface area (Å²) in [5.74, 6) is 2.06. The summed E-state index contributed by atoms with van der Waals surface area (Å²) in [4.78, 5) is 5.98. The maximum atomic E-state index is 12.2. The smallest absolute Gasteiger partial charge is 0.171 e. The van der Waals surface area contributed by atoms with Crippen molar-refractivity contribution in [3.8, 4) is 0 Å². The number of sulfone groups is 1. The number of pyridine rings is 1. The van der Waals surface area contributed by atoms with E-state index in [0.717, 1.165) is 5.75 Å². The summed E-state index contributed by atoms with van der Waals surface area (Å²) >= 11 is 7.53. The predicted molar refractivity (Wildman–Crippen MR) is 81.6 cm³/mol. The molecule has 1 fully saturated rings. The van der Waals surface area contributed by atoms with Gasteiger partial charge in [0, 0.05) is 35.6 Å². The Morgan fingerprint density at radius 2 is 2.32 bits per heavy atom. The first kappa shape index (κ1) is 14.7. The molecule has 0 spiro atoms. The Hall–Kier alpha value is -0.660. The van der Waals surface area contributed by atoms with Gasteiger partial charge in [0.15, 0.2) is 9.84 Å². The Bertz CT molecular complexity index is 545. The maximum Gasteiger partial charge on any atom is 0.171 e. The first-order chi connectivity index (χ1) is 8.94. The molecule has 1 atom stereocenters. The third-order valence-corrected chi connectivity index (χ3v) is 6.48. The van der Waals surface area contributed by atoms with Gasteiger partial charge < -0.3 is 10.6 Å². The fourth-order valence-electron chi connectivity index (χ4n) is 1.98. The zero-order chi connectivity index (χ0) is 14.0. The lowest BCUT2D eigenvalue weighted by Crippen LogP contribution is -2.48. The van der Waals surface area contributed by atoms with Crippen LogP contribution in [0.1, 0.15) is 6.92 Å². The predicted octanol–water partition coefficient (Wildman–Crippen LogP) is 1.63. The molecule has 1 aliphatic rings. The quantitative estimate of drug-likeness (QED) is 0.853. The standard InChI is InChI=1S/C11H16ClN3O2S2/c1-2-19(16,17)11-7-18-4-3-15(11)10-6-8(13)5-9(12)14-10/h5-6,11H,2-4,7H2,1H3,(H2,13,14). The highest BCUT2D eigenvalue weighted by molar-refractivity contribution is 8.01. The first-order valence-corrected chi connectivity index (χ1v) is 9.18. The summed E-state index contributed by atoms with van der Waals surface area (Å²) in [6.07, 6.45) is 0. The molecule has 0 aliphatic carbocycles. The molecule has 8 heteroatoms. The monoisotopic (exact) mass is 321 g/mol. The van der Waals surface area contributed by atoms with E-state index >= 15 is 0 Å². The van der Waals surface area contributed by atoms with E-state index in [9.17, 15) is 8.42 Å². The van der Waals surface area contributed by atoms with Crippen LogP contribution in [0.2, 0.25) is 5.15 Å². The molecule has 2 rings (SSSR count). The van der Waals surface area contributed by atoms with Crippen molar-refractivity contribution in [2.45, 2.75) is 12.3 Å². The van der Waals surface area contributed by atoms with Crippen LogP contribution in [0.25, 0.3) is 0 Å². The van der Waals surface area contributed by atoms with E-state index < -0.39 is 15.2 Å². The minimum absolute atomic E-state index is 0.116. The third kappa shape index (κ3) is 3.27. The number of nitrogens with zero attached hydrogens (tertiary/aromatic N) is 2. The largest absolute Gasteiger partial charge is 0.399 e. The number of halogens is 1. The van der Waals surface area contributed by atoms with Gasteiger partial charge >= 0.3 is 0 Å². The highest BCUT2D eigenvalue weighted by Gasteiger charge is 2.33. The van der Waals surface area contributed by atoms with Crippen LogP contribution < -0.4 is 10.6 Å². The highest BCUT2D eigenvalue weighted by atomic mass is 35.5. The molecule has 1 aromatic rings. The Kier molecular flexibility index (Phi) is 4.47. The average molecular weight is 322 g/mol. The molecule has 5 nitrogen and oxygen atoms in total. The summed E-state index contributed by atoms with van der Waals surface area (Å²) in [7, 11) is -3.16. The molecule has 2 N–H and O–H groups in total. The van der Waals surface area contributed by atoms with E-state index in [1.807, 2.05) is 0 Å². The van der Waals surface area contributed by atoms with Crippen molar-refractivity contribution in [1.29, 1.82) is 0 Å². The fraction of sp³-hybridized carbons (Fsp3) is 0.545. The number of hydrogen-bond acceptors (Lipinski definition) is 6. The van der Waals surface area contributed by atoms with Crippen LogP contribution in [0.15, 0.2) is 12.1 Å². The number of nitrogen functional groups attached to an aromatic ring is 1. The van der Waals surface area contributed by atoms with Gasteiger partial charge in [-0.05, 0) is 6.07 Å². The minimum Gasteiger partial charge on any atom is -0.399 e. The SMILES string of the molecule is CCS(=O)(=O)C1CSCCN1c1cc(N)cc(Cl)n1. The Morgan fingerprint density at radius 3 is 2.95 bits per heavy atom. The van der Waals surface area contributed by atoms with Gasteiger partial charge in [-0.1, -0.05) is 18.5 Å². The van der Waals surface area contributed by atoms with E-state index in [1.54, 1.807) is 35.7 Å². The topological polar surface area (TPSA) is 76.3 Å².